The van der Waals surface area contributed by atoms with Crippen molar-refractivity contribution in [1.29, 1.82) is 0 Å². The van der Waals surface area contributed by atoms with Gasteiger partial charge >= 0.3 is 5.96 Å². The van der Waals surface area contributed by atoms with Crippen molar-refractivity contribution < 1.29 is 29.2 Å². The number of likely N-dealkylation sites (tertiary alicyclic amines) is 1. The number of carbonyl (C=O) groups is 3. The number of imide groups is 1. The number of hydrogen-bond acceptors (Lipinski definition) is 10. The minimum Gasteiger partial charge on any atom is -0.370 e. The Labute approximate surface area is 213 Å². The lowest BCUT2D eigenvalue weighted by atomic mass is 9.85. The fraction of sp³-hybridized carbons (Fsp3) is 0.542. The van der Waals surface area contributed by atoms with E-state index in [-0.39, 0.29) is 49.7 Å². The number of aliphatic imine (C=N–C) groups is 1. The zero-order valence-electron chi connectivity index (χ0n) is 20.8. The molecule has 198 valence electrons. The largest absolute Gasteiger partial charge is 0.370 e. The Bertz CT molecular complexity index is 1230. The molecule has 0 aliphatic carbocycles. The molecule has 1 aromatic rings. The zero-order valence-corrected chi connectivity index (χ0v) is 20.8. The van der Waals surface area contributed by atoms with Gasteiger partial charge in [0, 0.05) is 18.4 Å². The third kappa shape index (κ3) is 3.55. The predicted octanol–water partition coefficient (Wildman–Crippen LogP) is -2.96. The van der Waals surface area contributed by atoms with Gasteiger partial charge < -0.3 is 26.6 Å². The number of nitrogens with two attached hydrogens (primary N) is 2. The van der Waals surface area contributed by atoms with Crippen molar-refractivity contribution >= 4 is 29.6 Å². The fourth-order valence-electron chi connectivity index (χ4n) is 6.16. The standard InChI is InChI=1S/C24H32N8O5/c1-3-12-6-5-7-14(13(12)4-2)20(35)28-16-11-32-22(26)27-15(10-31-17(33)8-9-18(31)34)19-23(32,24(16,36)37)30-21(25)29-19/h5-7,15-16,19,36-37H,3-4,8-11H2,1-2H3,(H6,25,26,27,28,29,30,35)/p+1/t15-,16?,19-,23-/m0/s1. The van der Waals surface area contributed by atoms with E-state index in [2.05, 4.69) is 20.9 Å². The Morgan fingerprint density at radius 2 is 1.92 bits per heavy atom. The van der Waals surface area contributed by atoms with E-state index in [0.29, 0.717) is 12.0 Å². The van der Waals surface area contributed by atoms with Crippen molar-refractivity contribution in [1.82, 2.24) is 20.9 Å². The molecule has 9 N–H and O–H groups in total. The number of benzene rings is 1. The van der Waals surface area contributed by atoms with Gasteiger partial charge in [0.1, 0.15) is 18.1 Å². The lowest BCUT2D eigenvalue weighted by Gasteiger charge is -2.44. The predicted molar refractivity (Wildman–Crippen MR) is 132 cm³/mol. The van der Waals surface area contributed by atoms with Gasteiger partial charge in [0.05, 0.1) is 13.1 Å². The molecule has 1 spiro atoms. The number of aliphatic hydroxyl groups is 2. The number of amides is 3. The van der Waals surface area contributed by atoms with Crippen LogP contribution in [0.1, 0.15) is 48.2 Å². The second-order valence-corrected chi connectivity index (χ2v) is 9.90. The first-order valence-electron chi connectivity index (χ1n) is 12.5. The van der Waals surface area contributed by atoms with E-state index >= 15 is 0 Å². The molecule has 3 amide bonds. The van der Waals surface area contributed by atoms with E-state index in [4.69, 9.17) is 11.5 Å². The molecule has 2 fully saturated rings. The van der Waals surface area contributed by atoms with E-state index < -0.39 is 35.5 Å². The van der Waals surface area contributed by atoms with Crippen LogP contribution in [0.4, 0.5) is 0 Å². The molecule has 4 aliphatic rings. The Morgan fingerprint density at radius 3 is 2.57 bits per heavy atom. The highest BCUT2D eigenvalue weighted by Gasteiger charge is 2.75. The molecule has 0 aromatic heterocycles. The van der Waals surface area contributed by atoms with E-state index in [1.165, 1.54) is 4.58 Å². The van der Waals surface area contributed by atoms with Crippen LogP contribution in [0.3, 0.4) is 0 Å². The summed E-state index contributed by atoms with van der Waals surface area (Å²) in [5, 5.41) is 32.0. The molecule has 0 saturated carbocycles. The van der Waals surface area contributed by atoms with Gasteiger partial charge in [0.15, 0.2) is 5.96 Å². The van der Waals surface area contributed by atoms with Crippen LogP contribution in [0.5, 0.6) is 0 Å². The quantitative estimate of drug-likeness (QED) is 0.118. The average molecular weight is 514 g/mol. The third-order valence-electron chi connectivity index (χ3n) is 7.96. The van der Waals surface area contributed by atoms with Crippen LogP contribution < -0.4 is 27.4 Å². The molecule has 37 heavy (non-hydrogen) atoms. The highest BCUT2D eigenvalue weighted by atomic mass is 16.5. The van der Waals surface area contributed by atoms with Gasteiger partial charge in [-0.25, -0.2) is 9.57 Å². The van der Waals surface area contributed by atoms with Crippen molar-refractivity contribution in [3.05, 3.63) is 34.9 Å². The van der Waals surface area contributed by atoms with Gasteiger partial charge in [-0.05, 0) is 30.0 Å². The maximum absolute atomic E-state index is 13.4. The minimum atomic E-state index is -2.59. The van der Waals surface area contributed by atoms with E-state index in [0.717, 1.165) is 22.4 Å². The number of aryl methyl sites for hydroxylation is 1. The minimum absolute atomic E-state index is 0.0565. The number of rotatable bonds is 6. The molecule has 4 aliphatic heterocycles. The van der Waals surface area contributed by atoms with Crippen LogP contribution >= 0.6 is 0 Å². The Kier molecular flexibility index (Phi) is 5.87. The molecule has 1 unspecified atom stereocenters. The maximum Gasteiger partial charge on any atom is 0.346 e. The SMILES string of the molecule is CCc1cccc(C(=O)NC2C[N+]3=C(N)N[C@@H](CN4C(=O)CCC4=O)[C@@H]4N=C(N)N[C@@]43C2(O)O)c1CC. The first-order chi connectivity index (χ1) is 17.5. The van der Waals surface area contributed by atoms with Gasteiger partial charge in [-0.2, -0.15) is 0 Å². The normalized spacial score (nSPS) is 30.0. The van der Waals surface area contributed by atoms with Crippen molar-refractivity contribution in [2.45, 2.75) is 69.1 Å². The monoisotopic (exact) mass is 513 g/mol. The molecular weight excluding hydrogens is 480 g/mol. The highest BCUT2D eigenvalue weighted by Crippen LogP contribution is 2.41. The van der Waals surface area contributed by atoms with Gasteiger partial charge in [-0.1, -0.05) is 26.0 Å². The van der Waals surface area contributed by atoms with Crippen LogP contribution in [0.25, 0.3) is 0 Å². The van der Waals surface area contributed by atoms with Crippen LogP contribution in [0.15, 0.2) is 23.2 Å². The molecule has 13 heteroatoms. The summed E-state index contributed by atoms with van der Waals surface area (Å²) in [6, 6.07) is 2.60. The van der Waals surface area contributed by atoms with E-state index in [1.54, 1.807) is 12.1 Å². The van der Waals surface area contributed by atoms with Crippen molar-refractivity contribution in [3.8, 4) is 0 Å². The summed E-state index contributed by atoms with van der Waals surface area (Å²) in [6.07, 6.45) is 1.64. The van der Waals surface area contributed by atoms with Gasteiger partial charge in [-0.3, -0.25) is 30.3 Å². The molecule has 2 saturated heterocycles. The summed E-state index contributed by atoms with van der Waals surface area (Å²) in [5.74, 6) is -3.65. The second-order valence-electron chi connectivity index (χ2n) is 9.90. The summed E-state index contributed by atoms with van der Waals surface area (Å²) in [4.78, 5) is 43.4. The van der Waals surface area contributed by atoms with E-state index in [1.807, 2.05) is 19.9 Å². The zero-order chi connectivity index (χ0) is 26.7. The van der Waals surface area contributed by atoms with Crippen LogP contribution in [0.2, 0.25) is 0 Å². The van der Waals surface area contributed by atoms with Crippen molar-refractivity contribution in [2.75, 3.05) is 13.1 Å². The Hall–Kier alpha value is -3.71. The molecule has 5 rings (SSSR count). The molecule has 1 aromatic carbocycles. The van der Waals surface area contributed by atoms with Crippen LogP contribution in [-0.2, 0) is 22.4 Å². The topological polar surface area (TPSA) is 198 Å². The molecular formula is C24H33N8O5+. The van der Waals surface area contributed by atoms with Crippen LogP contribution in [0, 0.1) is 0 Å². The summed E-state index contributed by atoms with van der Waals surface area (Å²) in [7, 11) is 0. The molecule has 4 atom stereocenters. The summed E-state index contributed by atoms with van der Waals surface area (Å²) < 4.78 is 1.49. The van der Waals surface area contributed by atoms with Gasteiger partial charge in [0.2, 0.25) is 23.3 Å². The number of nitrogens with one attached hydrogen (secondary N) is 3. The second kappa shape index (κ2) is 8.70. The first-order valence-corrected chi connectivity index (χ1v) is 12.5. The van der Waals surface area contributed by atoms with E-state index in [9.17, 15) is 24.6 Å². The van der Waals surface area contributed by atoms with Crippen molar-refractivity contribution in [2.24, 2.45) is 16.5 Å². The molecule has 13 nitrogen and oxygen atoms in total. The molecule has 4 heterocycles. The average Bonchev–Trinajstić information content (AvgIpc) is 3.46. The van der Waals surface area contributed by atoms with Crippen molar-refractivity contribution in [3.63, 3.8) is 0 Å². The smallest absolute Gasteiger partial charge is 0.346 e. The fourth-order valence-corrected chi connectivity index (χ4v) is 6.16. The summed E-state index contributed by atoms with van der Waals surface area (Å²) >= 11 is 0. The maximum atomic E-state index is 13.4. The number of hydrogen-bond donors (Lipinski definition) is 7. The van der Waals surface area contributed by atoms with Gasteiger partial charge in [-0.15, -0.1) is 0 Å². The Balaban J connectivity index is 1.48. The summed E-state index contributed by atoms with van der Waals surface area (Å²) in [6.45, 7) is 3.84. The lowest BCUT2D eigenvalue weighted by Crippen LogP contribution is -2.79. The van der Waals surface area contributed by atoms with Crippen LogP contribution in [-0.4, -0.2) is 92.0 Å². The number of nitrogens with zero attached hydrogens (tertiary/aromatic N) is 3. The first kappa shape index (κ1) is 25.0. The third-order valence-corrected chi connectivity index (χ3v) is 7.96. The number of carbonyl (C=O) groups excluding carboxylic acids is 3. The Morgan fingerprint density at radius 1 is 1.22 bits per heavy atom. The lowest BCUT2D eigenvalue weighted by molar-refractivity contribution is -0.623. The summed E-state index contributed by atoms with van der Waals surface area (Å²) in [5.41, 5.74) is 13.0. The molecule has 0 radical (unpaired) electrons. The van der Waals surface area contributed by atoms with Gasteiger partial charge in [0.25, 0.3) is 5.91 Å². The number of guanidine groups is 2. The highest BCUT2D eigenvalue weighted by molar-refractivity contribution is 6.02. The molecule has 0 bridgehead atoms.